The van der Waals surface area contributed by atoms with Gasteiger partial charge >= 0.3 is 0 Å². The molecule has 0 spiro atoms. The van der Waals surface area contributed by atoms with Gasteiger partial charge in [-0.1, -0.05) is 12.1 Å². The lowest BCUT2D eigenvalue weighted by atomic mass is 9.93. The fourth-order valence-corrected chi connectivity index (χ4v) is 2.69. The molecule has 1 saturated heterocycles. The fraction of sp³-hybridized carbons (Fsp3) is 0.833. The standard InChI is InChI=1S/C12H21N3OS/c1-3-15-6-4-10(5-7-15)8-12-13-11(9-17-2)14-16-12/h10H,3-9H2,1-2H3. The zero-order valence-corrected chi connectivity index (χ0v) is 11.5. The molecule has 1 aromatic rings. The topological polar surface area (TPSA) is 42.2 Å². The predicted molar refractivity (Wildman–Crippen MR) is 70.1 cm³/mol. The molecule has 0 N–H and O–H groups in total. The van der Waals surface area contributed by atoms with Crippen molar-refractivity contribution in [3.05, 3.63) is 11.7 Å². The average molecular weight is 255 g/mol. The Morgan fingerprint density at radius 1 is 1.41 bits per heavy atom. The van der Waals surface area contributed by atoms with Gasteiger partial charge in [-0.05, 0) is 44.6 Å². The molecule has 0 radical (unpaired) electrons. The molecule has 0 unspecified atom stereocenters. The van der Waals surface area contributed by atoms with E-state index in [2.05, 4.69) is 28.2 Å². The number of piperidine rings is 1. The first-order valence-corrected chi connectivity index (χ1v) is 7.74. The second-order valence-corrected chi connectivity index (χ2v) is 5.49. The first-order valence-electron chi connectivity index (χ1n) is 6.34. The summed E-state index contributed by atoms with van der Waals surface area (Å²) >= 11 is 1.73. The highest BCUT2D eigenvalue weighted by molar-refractivity contribution is 7.97. The molecule has 17 heavy (non-hydrogen) atoms. The monoisotopic (exact) mass is 255 g/mol. The molecule has 0 aromatic carbocycles. The molecular formula is C12H21N3OS. The van der Waals surface area contributed by atoms with Crippen LogP contribution in [-0.2, 0) is 12.2 Å². The molecule has 1 aliphatic heterocycles. The lowest BCUT2D eigenvalue weighted by molar-refractivity contribution is 0.185. The zero-order valence-electron chi connectivity index (χ0n) is 10.7. The van der Waals surface area contributed by atoms with Crippen molar-refractivity contribution in [3.63, 3.8) is 0 Å². The van der Waals surface area contributed by atoms with Gasteiger partial charge in [0.25, 0.3) is 0 Å². The van der Waals surface area contributed by atoms with Crippen LogP contribution in [-0.4, -0.2) is 40.9 Å². The van der Waals surface area contributed by atoms with Gasteiger partial charge in [-0.25, -0.2) is 0 Å². The minimum Gasteiger partial charge on any atom is -0.339 e. The highest BCUT2D eigenvalue weighted by atomic mass is 32.2. The van der Waals surface area contributed by atoms with Gasteiger partial charge in [0, 0.05) is 6.42 Å². The quantitative estimate of drug-likeness (QED) is 0.807. The van der Waals surface area contributed by atoms with Gasteiger partial charge in [-0.15, -0.1) is 0 Å². The van der Waals surface area contributed by atoms with Crippen molar-refractivity contribution >= 4 is 11.8 Å². The van der Waals surface area contributed by atoms with E-state index in [1.807, 2.05) is 0 Å². The van der Waals surface area contributed by atoms with Crippen LogP contribution < -0.4 is 0 Å². The molecule has 0 amide bonds. The number of nitrogens with zero attached hydrogens (tertiary/aromatic N) is 3. The van der Waals surface area contributed by atoms with E-state index in [4.69, 9.17) is 4.52 Å². The summed E-state index contributed by atoms with van der Waals surface area (Å²) in [5.74, 6) is 3.22. The summed E-state index contributed by atoms with van der Waals surface area (Å²) < 4.78 is 5.29. The molecule has 2 rings (SSSR count). The van der Waals surface area contributed by atoms with E-state index in [1.54, 1.807) is 11.8 Å². The maximum atomic E-state index is 5.29. The SMILES string of the molecule is CCN1CCC(Cc2nc(CSC)no2)CC1. The van der Waals surface area contributed by atoms with Crippen molar-refractivity contribution in [2.75, 3.05) is 25.9 Å². The Bertz CT molecular complexity index is 334. The van der Waals surface area contributed by atoms with Gasteiger partial charge in [0.15, 0.2) is 5.82 Å². The van der Waals surface area contributed by atoms with Crippen LogP contribution in [0.4, 0.5) is 0 Å². The Hall–Kier alpha value is -0.550. The molecule has 1 aromatic heterocycles. The summed E-state index contributed by atoms with van der Waals surface area (Å²) in [5.41, 5.74) is 0. The third-order valence-corrected chi connectivity index (χ3v) is 3.95. The van der Waals surface area contributed by atoms with Gasteiger partial charge in [0.2, 0.25) is 5.89 Å². The molecule has 0 aliphatic carbocycles. The van der Waals surface area contributed by atoms with Crippen LogP contribution in [0.2, 0.25) is 0 Å². The molecule has 96 valence electrons. The maximum Gasteiger partial charge on any atom is 0.226 e. The molecular weight excluding hydrogens is 234 g/mol. The van der Waals surface area contributed by atoms with E-state index in [0.29, 0.717) is 0 Å². The van der Waals surface area contributed by atoms with E-state index < -0.39 is 0 Å². The molecule has 1 aliphatic rings. The first-order chi connectivity index (χ1) is 8.31. The number of rotatable bonds is 5. The highest BCUT2D eigenvalue weighted by Crippen LogP contribution is 2.21. The van der Waals surface area contributed by atoms with Gasteiger partial charge < -0.3 is 9.42 Å². The fourth-order valence-electron chi connectivity index (χ4n) is 2.31. The van der Waals surface area contributed by atoms with Crippen LogP contribution in [0.3, 0.4) is 0 Å². The second-order valence-electron chi connectivity index (χ2n) is 4.62. The van der Waals surface area contributed by atoms with Gasteiger partial charge in [0.05, 0.1) is 5.75 Å². The van der Waals surface area contributed by atoms with E-state index in [9.17, 15) is 0 Å². The number of hydrogen-bond donors (Lipinski definition) is 0. The van der Waals surface area contributed by atoms with Crippen molar-refractivity contribution in [2.45, 2.75) is 31.9 Å². The second kappa shape index (κ2) is 6.40. The molecule has 4 nitrogen and oxygen atoms in total. The van der Waals surface area contributed by atoms with E-state index in [0.717, 1.165) is 29.8 Å². The Labute approximate surface area is 107 Å². The summed E-state index contributed by atoms with van der Waals surface area (Å²) in [4.78, 5) is 6.92. The molecule has 0 saturated carbocycles. The predicted octanol–water partition coefficient (Wildman–Crippen LogP) is 2.21. The summed E-state index contributed by atoms with van der Waals surface area (Å²) in [6.07, 6.45) is 5.53. The molecule has 5 heteroatoms. The lowest BCUT2D eigenvalue weighted by Gasteiger charge is -2.30. The summed E-state index contributed by atoms with van der Waals surface area (Å²) in [6.45, 7) is 5.83. The Kier molecular flexibility index (Phi) is 4.86. The highest BCUT2D eigenvalue weighted by Gasteiger charge is 2.20. The van der Waals surface area contributed by atoms with Crippen molar-refractivity contribution < 1.29 is 4.52 Å². The molecule has 2 heterocycles. The Balaban J connectivity index is 1.80. The number of thioether (sulfide) groups is 1. The van der Waals surface area contributed by atoms with Crippen LogP contribution in [0, 0.1) is 5.92 Å². The van der Waals surface area contributed by atoms with E-state index in [1.165, 1.54) is 32.5 Å². The Morgan fingerprint density at radius 3 is 2.82 bits per heavy atom. The minimum absolute atomic E-state index is 0.723. The normalized spacial score (nSPS) is 18.7. The van der Waals surface area contributed by atoms with Gasteiger partial charge in [0.1, 0.15) is 0 Å². The molecule has 0 atom stereocenters. The van der Waals surface area contributed by atoms with Crippen LogP contribution in [0.15, 0.2) is 4.52 Å². The minimum atomic E-state index is 0.723. The number of hydrogen-bond acceptors (Lipinski definition) is 5. The van der Waals surface area contributed by atoms with Crippen molar-refractivity contribution in [1.82, 2.24) is 15.0 Å². The smallest absolute Gasteiger partial charge is 0.226 e. The average Bonchev–Trinajstić information content (AvgIpc) is 2.78. The third kappa shape index (κ3) is 3.71. The van der Waals surface area contributed by atoms with Crippen molar-refractivity contribution in [3.8, 4) is 0 Å². The van der Waals surface area contributed by atoms with Crippen LogP contribution >= 0.6 is 11.8 Å². The van der Waals surface area contributed by atoms with Crippen molar-refractivity contribution in [1.29, 1.82) is 0 Å². The van der Waals surface area contributed by atoms with Crippen LogP contribution in [0.1, 0.15) is 31.5 Å². The molecule has 1 fully saturated rings. The van der Waals surface area contributed by atoms with Gasteiger partial charge in [-0.3, -0.25) is 0 Å². The number of aromatic nitrogens is 2. The number of likely N-dealkylation sites (tertiary alicyclic amines) is 1. The maximum absolute atomic E-state index is 5.29. The zero-order chi connectivity index (χ0) is 12.1. The van der Waals surface area contributed by atoms with Crippen LogP contribution in [0.25, 0.3) is 0 Å². The lowest BCUT2D eigenvalue weighted by Crippen LogP contribution is -2.34. The first kappa shape index (κ1) is 12.9. The van der Waals surface area contributed by atoms with Crippen LogP contribution in [0.5, 0.6) is 0 Å². The van der Waals surface area contributed by atoms with E-state index in [-0.39, 0.29) is 0 Å². The largest absolute Gasteiger partial charge is 0.339 e. The van der Waals surface area contributed by atoms with E-state index >= 15 is 0 Å². The third-order valence-electron chi connectivity index (χ3n) is 3.40. The summed E-state index contributed by atoms with van der Waals surface area (Å²) in [6, 6.07) is 0. The molecule has 0 bridgehead atoms. The summed E-state index contributed by atoms with van der Waals surface area (Å²) in [5, 5.41) is 3.99. The Morgan fingerprint density at radius 2 is 2.18 bits per heavy atom. The van der Waals surface area contributed by atoms with Gasteiger partial charge in [-0.2, -0.15) is 16.7 Å². The van der Waals surface area contributed by atoms with Crippen molar-refractivity contribution in [2.24, 2.45) is 5.92 Å². The summed E-state index contributed by atoms with van der Waals surface area (Å²) in [7, 11) is 0.